The summed E-state index contributed by atoms with van der Waals surface area (Å²) < 4.78 is 11.0. The Morgan fingerprint density at radius 2 is 2.00 bits per heavy atom. The zero-order valence-corrected chi connectivity index (χ0v) is 15.7. The molecule has 3 aromatic rings. The topological polar surface area (TPSA) is 77.5 Å². The molecule has 6 nitrogen and oxygen atoms in total. The van der Waals surface area contributed by atoms with Crippen LogP contribution in [0.15, 0.2) is 36.4 Å². The van der Waals surface area contributed by atoms with Gasteiger partial charge in [0.15, 0.2) is 11.7 Å². The van der Waals surface area contributed by atoms with E-state index in [9.17, 15) is 9.59 Å². The van der Waals surface area contributed by atoms with Crippen LogP contribution in [-0.4, -0.2) is 30.6 Å². The minimum absolute atomic E-state index is 0.135. The summed E-state index contributed by atoms with van der Waals surface area (Å²) in [6.07, 6.45) is 0. The molecule has 3 rings (SSSR count). The molecule has 2 aromatic carbocycles. The van der Waals surface area contributed by atoms with Crippen molar-refractivity contribution in [1.29, 1.82) is 0 Å². The molecule has 0 aliphatic carbocycles. The number of nitrogens with one attached hydrogen (secondary N) is 1. The maximum atomic E-state index is 12.0. The first-order chi connectivity index (χ1) is 12.5. The first kappa shape index (κ1) is 18.4. The van der Waals surface area contributed by atoms with Gasteiger partial charge in [-0.15, -0.1) is 0 Å². The Labute approximate surface area is 162 Å². The minimum atomic E-state index is -0.712. The van der Waals surface area contributed by atoms with Crippen molar-refractivity contribution in [2.24, 2.45) is 0 Å². The van der Waals surface area contributed by atoms with Crippen molar-refractivity contribution in [3.8, 4) is 5.75 Å². The van der Waals surface area contributed by atoms with Crippen LogP contribution >= 0.6 is 34.5 Å². The molecule has 0 unspecified atom stereocenters. The molecule has 0 fully saturated rings. The number of amides is 1. The number of methoxy groups -OCH3 is 1. The molecule has 0 atom stereocenters. The van der Waals surface area contributed by atoms with Crippen LogP contribution in [0.5, 0.6) is 5.75 Å². The zero-order valence-electron chi connectivity index (χ0n) is 13.4. The van der Waals surface area contributed by atoms with Crippen molar-refractivity contribution in [2.75, 3.05) is 19.0 Å². The van der Waals surface area contributed by atoms with Gasteiger partial charge in [-0.3, -0.25) is 10.1 Å². The summed E-state index contributed by atoms with van der Waals surface area (Å²) in [6.45, 7) is -0.461. The highest BCUT2D eigenvalue weighted by Gasteiger charge is 2.15. The van der Waals surface area contributed by atoms with E-state index in [-0.39, 0.29) is 10.6 Å². The summed E-state index contributed by atoms with van der Waals surface area (Å²) in [4.78, 5) is 28.3. The highest BCUT2D eigenvalue weighted by atomic mass is 35.5. The molecule has 0 saturated carbocycles. The van der Waals surface area contributed by atoms with Gasteiger partial charge in [-0.05, 0) is 36.4 Å². The van der Waals surface area contributed by atoms with E-state index in [2.05, 4.69) is 10.3 Å². The molecule has 134 valence electrons. The number of fused-ring (bicyclic) bond motifs is 1. The molecule has 1 heterocycles. The number of esters is 1. The van der Waals surface area contributed by atoms with Gasteiger partial charge in [0.25, 0.3) is 5.91 Å². The monoisotopic (exact) mass is 410 g/mol. The van der Waals surface area contributed by atoms with Gasteiger partial charge >= 0.3 is 5.97 Å². The van der Waals surface area contributed by atoms with Gasteiger partial charge in [-0.2, -0.15) is 0 Å². The summed E-state index contributed by atoms with van der Waals surface area (Å²) >= 11 is 13.0. The Balaban J connectivity index is 1.61. The van der Waals surface area contributed by atoms with Crippen LogP contribution in [0.3, 0.4) is 0 Å². The number of thiazole rings is 1. The summed E-state index contributed by atoms with van der Waals surface area (Å²) in [5.74, 6) is -0.516. The predicted molar refractivity (Wildman–Crippen MR) is 102 cm³/mol. The largest absolute Gasteiger partial charge is 0.497 e. The maximum absolute atomic E-state index is 12.0. The van der Waals surface area contributed by atoms with Crippen LogP contribution in [0.1, 0.15) is 10.4 Å². The third-order valence-electron chi connectivity index (χ3n) is 3.33. The van der Waals surface area contributed by atoms with E-state index in [1.165, 1.54) is 29.5 Å². The van der Waals surface area contributed by atoms with Crippen molar-refractivity contribution in [3.63, 3.8) is 0 Å². The van der Waals surface area contributed by atoms with Crippen molar-refractivity contribution < 1.29 is 19.1 Å². The Hall–Kier alpha value is -2.35. The van der Waals surface area contributed by atoms with E-state index >= 15 is 0 Å². The molecular weight excluding hydrogens is 399 g/mol. The third-order valence-corrected chi connectivity index (χ3v) is 4.81. The number of hydrogen-bond donors (Lipinski definition) is 1. The highest BCUT2D eigenvalue weighted by molar-refractivity contribution is 7.22. The fraction of sp³-hybridized carbons (Fsp3) is 0.118. The smallest absolute Gasteiger partial charge is 0.340 e. The number of carbonyl (C=O) groups excluding carboxylic acids is 2. The molecule has 0 aliphatic rings. The van der Waals surface area contributed by atoms with Crippen LogP contribution in [0, 0.1) is 0 Å². The number of carbonyl (C=O) groups is 2. The van der Waals surface area contributed by atoms with Gasteiger partial charge in [0, 0.05) is 5.02 Å². The van der Waals surface area contributed by atoms with Gasteiger partial charge in [-0.25, -0.2) is 9.78 Å². The third kappa shape index (κ3) is 4.24. The molecule has 0 spiro atoms. The number of hydrogen-bond acceptors (Lipinski definition) is 6. The molecule has 1 amide bonds. The SMILES string of the molecule is COc1ccc2nc(NC(=O)COC(=O)c3ccc(Cl)cc3Cl)sc2c1. The molecule has 26 heavy (non-hydrogen) atoms. The molecule has 0 aliphatic heterocycles. The van der Waals surface area contributed by atoms with Crippen LogP contribution in [0.4, 0.5) is 5.13 Å². The van der Waals surface area contributed by atoms with E-state index in [0.717, 1.165) is 10.2 Å². The quantitative estimate of drug-likeness (QED) is 0.630. The van der Waals surface area contributed by atoms with E-state index in [1.54, 1.807) is 19.2 Å². The minimum Gasteiger partial charge on any atom is -0.497 e. The summed E-state index contributed by atoms with van der Waals surface area (Å²) in [6, 6.07) is 9.78. The van der Waals surface area contributed by atoms with Crippen molar-refractivity contribution in [1.82, 2.24) is 4.98 Å². The second-order valence-electron chi connectivity index (χ2n) is 5.10. The lowest BCUT2D eigenvalue weighted by Gasteiger charge is -2.06. The molecule has 0 radical (unpaired) electrons. The Kier molecular flexibility index (Phi) is 5.61. The first-order valence-corrected chi connectivity index (χ1v) is 8.90. The molecule has 0 saturated heterocycles. The van der Waals surface area contributed by atoms with Crippen molar-refractivity contribution in [3.05, 3.63) is 52.0 Å². The Morgan fingerprint density at radius 3 is 2.73 bits per heavy atom. The van der Waals surface area contributed by atoms with Gasteiger partial charge in [0.05, 0.1) is 27.9 Å². The number of halogens is 2. The van der Waals surface area contributed by atoms with Gasteiger partial charge < -0.3 is 9.47 Å². The van der Waals surface area contributed by atoms with Crippen LogP contribution in [-0.2, 0) is 9.53 Å². The fourth-order valence-corrected chi connectivity index (χ4v) is 3.50. The number of ether oxygens (including phenoxy) is 2. The van der Waals surface area contributed by atoms with Crippen LogP contribution < -0.4 is 10.1 Å². The number of benzene rings is 2. The Bertz CT molecular complexity index is 990. The molecule has 1 N–H and O–H groups in total. The van der Waals surface area contributed by atoms with E-state index in [1.807, 2.05) is 6.07 Å². The van der Waals surface area contributed by atoms with Gasteiger partial charge in [0.2, 0.25) is 0 Å². The highest BCUT2D eigenvalue weighted by Crippen LogP contribution is 2.29. The second kappa shape index (κ2) is 7.90. The van der Waals surface area contributed by atoms with E-state index in [0.29, 0.717) is 15.9 Å². The number of anilines is 1. The van der Waals surface area contributed by atoms with Crippen molar-refractivity contribution in [2.45, 2.75) is 0 Å². The van der Waals surface area contributed by atoms with Crippen LogP contribution in [0.25, 0.3) is 10.2 Å². The average Bonchev–Trinajstić information content (AvgIpc) is 3.00. The van der Waals surface area contributed by atoms with Crippen molar-refractivity contribution >= 4 is 61.8 Å². The summed E-state index contributed by atoms with van der Waals surface area (Å²) in [5, 5.41) is 3.55. The number of nitrogens with zero attached hydrogens (tertiary/aromatic N) is 1. The Morgan fingerprint density at radius 1 is 1.19 bits per heavy atom. The molecular formula is C17H12Cl2N2O4S. The summed E-state index contributed by atoms with van der Waals surface area (Å²) in [5.41, 5.74) is 0.868. The predicted octanol–water partition coefficient (Wildman–Crippen LogP) is 4.41. The van der Waals surface area contributed by atoms with Gasteiger partial charge in [0.1, 0.15) is 5.75 Å². The molecule has 1 aromatic heterocycles. The fourth-order valence-electron chi connectivity index (χ4n) is 2.10. The van der Waals surface area contributed by atoms with Gasteiger partial charge in [-0.1, -0.05) is 34.5 Å². The van der Waals surface area contributed by atoms with Crippen LogP contribution in [0.2, 0.25) is 10.0 Å². The molecule has 9 heteroatoms. The second-order valence-corrected chi connectivity index (χ2v) is 6.98. The lowest BCUT2D eigenvalue weighted by molar-refractivity contribution is -0.119. The number of rotatable bonds is 5. The number of aromatic nitrogens is 1. The summed E-state index contributed by atoms with van der Waals surface area (Å²) in [7, 11) is 1.58. The normalized spacial score (nSPS) is 10.6. The zero-order chi connectivity index (χ0) is 18.7. The average molecular weight is 411 g/mol. The van der Waals surface area contributed by atoms with E-state index in [4.69, 9.17) is 32.7 Å². The lowest BCUT2D eigenvalue weighted by atomic mass is 10.2. The lowest BCUT2D eigenvalue weighted by Crippen LogP contribution is -2.21. The first-order valence-electron chi connectivity index (χ1n) is 7.33. The standard InChI is InChI=1S/C17H12Cl2N2O4S/c1-24-10-3-5-13-14(7-10)26-17(20-13)21-15(22)8-25-16(23)11-4-2-9(18)6-12(11)19/h2-7H,8H2,1H3,(H,20,21,22). The molecule has 0 bridgehead atoms. The maximum Gasteiger partial charge on any atom is 0.340 e. The van der Waals surface area contributed by atoms with E-state index < -0.39 is 18.5 Å².